The van der Waals surface area contributed by atoms with Gasteiger partial charge in [-0.1, -0.05) is 31.9 Å². The minimum absolute atomic E-state index is 0.332. The van der Waals surface area contributed by atoms with E-state index in [1.807, 2.05) is 6.07 Å². The molecule has 2 aromatic carbocycles. The van der Waals surface area contributed by atoms with E-state index in [9.17, 15) is 4.39 Å². The molecule has 0 spiro atoms. The molecule has 0 aliphatic carbocycles. The second-order valence-electron chi connectivity index (χ2n) is 3.48. The molecule has 0 aliphatic rings. The summed E-state index contributed by atoms with van der Waals surface area (Å²) >= 11 is 6.52. The van der Waals surface area contributed by atoms with Crippen molar-refractivity contribution >= 4 is 48.9 Å². The monoisotopic (exact) mass is 358 g/mol. The average Bonchev–Trinajstić information content (AvgIpc) is 2.25. The smallest absolute Gasteiger partial charge is 0.147 e. The molecule has 0 bridgehead atoms. The van der Waals surface area contributed by atoms with E-state index in [0.717, 1.165) is 4.47 Å². The molecule has 0 radical (unpaired) electrons. The van der Waals surface area contributed by atoms with Gasteiger partial charge in [0, 0.05) is 8.95 Å². The number of benzene rings is 2. The van der Waals surface area contributed by atoms with Crippen molar-refractivity contribution in [3.8, 4) is 0 Å². The van der Waals surface area contributed by atoms with Gasteiger partial charge in [0.25, 0.3) is 0 Å². The quantitative estimate of drug-likeness (QED) is 0.764. The van der Waals surface area contributed by atoms with Gasteiger partial charge in [0.1, 0.15) is 5.82 Å². The van der Waals surface area contributed by atoms with E-state index in [1.54, 1.807) is 24.3 Å². The fraction of sp³-hybridized carbons (Fsp3) is 0. The summed E-state index contributed by atoms with van der Waals surface area (Å²) in [7, 11) is 0. The number of hydrogen-bond acceptors (Lipinski definition) is 2. The van der Waals surface area contributed by atoms with Crippen LogP contribution in [0.1, 0.15) is 0 Å². The largest absolute Gasteiger partial charge is 0.397 e. The molecule has 88 valence electrons. The van der Waals surface area contributed by atoms with Gasteiger partial charge in [-0.05, 0) is 36.4 Å². The zero-order chi connectivity index (χ0) is 12.4. The van der Waals surface area contributed by atoms with Crippen molar-refractivity contribution in [2.24, 2.45) is 0 Å². The van der Waals surface area contributed by atoms with Crippen molar-refractivity contribution in [1.82, 2.24) is 0 Å². The molecule has 0 saturated carbocycles. The number of nitrogens with one attached hydrogen (secondary N) is 1. The van der Waals surface area contributed by atoms with Crippen LogP contribution >= 0.6 is 31.9 Å². The molecule has 2 nitrogen and oxygen atoms in total. The van der Waals surface area contributed by atoms with Crippen molar-refractivity contribution in [1.29, 1.82) is 0 Å². The molecule has 17 heavy (non-hydrogen) atoms. The number of hydrogen-bond donors (Lipinski definition) is 2. The van der Waals surface area contributed by atoms with Crippen molar-refractivity contribution in [3.05, 3.63) is 51.2 Å². The highest BCUT2D eigenvalue weighted by Crippen LogP contribution is 2.28. The van der Waals surface area contributed by atoms with E-state index in [2.05, 4.69) is 37.2 Å². The Bertz CT molecular complexity index is 509. The maximum atomic E-state index is 13.6. The minimum atomic E-state index is -0.332. The first-order chi connectivity index (χ1) is 8.06. The highest BCUT2D eigenvalue weighted by molar-refractivity contribution is 9.10. The normalized spacial score (nSPS) is 10.3. The van der Waals surface area contributed by atoms with Gasteiger partial charge in [0.05, 0.1) is 17.1 Å². The first-order valence-electron chi connectivity index (χ1n) is 4.83. The van der Waals surface area contributed by atoms with Gasteiger partial charge >= 0.3 is 0 Å². The van der Waals surface area contributed by atoms with Crippen LogP contribution in [0, 0.1) is 5.82 Å². The Hall–Kier alpha value is -1.07. The third-order valence-corrected chi connectivity index (χ3v) is 3.20. The SMILES string of the molecule is Nc1cc(Br)ccc1Nc1ccc(Br)cc1F. The maximum Gasteiger partial charge on any atom is 0.147 e. The first kappa shape index (κ1) is 12.4. The molecule has 0 amide bonds. The van der Waals surface area contributed by atoms with Crippen LogP contribution in [0.4, 0.5) is 21.5 Å². The number of anilines is 3. The van der Waals surface area contributed by atoms with Crippen LogP contribution in [0.15, 0.2) is 45.3 Å². The van der Waals surface area contributed by atoms with Crippen LogP contribution in [0.5, 0.6) is 0 Å². The molecule has 0 atom stereocenters. The Morgan fingerprint density at radius 2 is 1.53 bits per heavy atom. The summed E-state index contributed by atoms with van der Waals surface area (Å²) in [4.78, 5) is 0. The van der Waals surface area contributed by atoms with Gasteiger partial charge in [-0.25, -0.2) is 4.39 Å². The Kier molecular flexibility index (Phi) is 3.69. The summed E-state index contributed by atoms with van der Waals surface area (Å²) in [5, 5.41) is 2.95. The van der Waals surface area contributed by atoms with E-state index in [-0.39, 0.29) is 5.82 Å². The average molecular weight is 360 g/mol. The molecular formula is C12H9Br2FN2. The Morgan fingerprint density at radius 3 is 2.12 bits per heavy atom. The molecule has 2 aromatic rings. The lowest BCUT2D eigenvalue weighted by Gasteiger charge is -2.10. The molecule has 0 saturated heterocycles. The fourth-order valence-corrected chi connectivity index (χ4v) is 2.10. The zero-order valence-electron chi connectivity index (χ0n) is 8.68. The van der Waals surface area contributed by atoms with E-state index in [4.69, 9.17) is 5.73 Å². The van der Waals surface area contributed by atoms with E-state index < -0.39 is 0 Å². The molecule has 0 heterocycles. The number of halogens is 3. The number of nitrogen functional groups attached to an aromatic ring is 1. The Balaban J connectivity index is 2.31. The van der Waals surface area contributed by atoms with Gasteiger partial charge < -0.3 is 11.1 Å². The van der Waals surface area contributed by atoms with Crippen molar-refractivity contribution < 1.29 is 4.39 Å². The van der Waals surface area contributed by atoms with Crippen LogP contribution in [0.3, 0.4) is 0 Å². The summed E-state index contributed by atoms with van der Waals surface area (Å²) < 4.78 is 15.2. The lowest BCUT2D eigenvalue weighted by molar-refractivity contribution is 0.631. The van der Waals surface area contributed by atoms with Crippen molar-refractivity contribution in [2.45, 2.75) is 0 Å². The molecular weight excluding hydrogens is 351 g/mol. The van der Waals surface area contributed by atoms with Gasteiger partial charge in [-0.15, -0.1) is 0 Å². The van der Waals surface area contributed by atoms with Gasteiger partial charge in [0.2, 0.25) is 0 Å². The number of rotatable bonds is 2. The van der Waals surface area contributed by atoms with Crippen LogP contribution in [-0.4, -0.2) is 0 Å². The van der Waals surface area contributed by atoms with Crippen LogP contribution < -0.4 is 11.1 Å². The predicted molar refractivity (Wildman–Crippen MR) is 75.9 cm³/mol. The molecule has 2 rings (SSSR count). The summed E-state index contributed by atoms with van der Waals surface area (Å²) in [6.07, 6.45) is 0. The topological polar surface area (TPSA) is 38.0 Å². The minimum Gasteiger partial charge on any atom is -0.397 e. The lowest BCUT2D eigenvalue weighted by Crippen LogP contribution is -1.98. The highest BCUT2D eigenvalue weighted by atomic mass is 79.9. The number of nitrogens with two attached hydrogens (primary N) is 1. The molecule has 0 aliphatic heterocycles. The highest BCUT2D eigenvalue weighted by Gasteiger charge is 2.05. The van der Waals surface area contributed by atoms with E-state index >= 15 is 0 Å². The van der Waals surface area contributed by atoms with Crippen molar-refractivity contribution in [2.75, 3.05) is 11.1 Å². The summed E-state index contributed by atoms with van der Waals surface area (Å²) in [5.74, 6) is -0.332. The van der Waals surface area contributed by atoms with Crippen LogP contribution in [-0.2, 0) is 0 Å². The van der Waals surface area contributed by atoms with Gasteiger partial charge in [0.15, 0.2) is 0 Å². The van der Waals surface area contributed by atoms with E-state index in [1.165, 1.54) is 6.07 Å². The maximum absolute atomic E-state index is 13.6. The Labute approximate surface area is 115 Å². The molecule has 3 N–H and O–H groups in total. The summed E-state index contributed by atoms with van der Waals surface area (Å²) in [6.45, 7) is 0. The molecule has 0 unspecified atom stereocenters. The summed E-state index contributed by atoms with van der Waals surface area (Å²) in [6, 6.07) is 10.2. The van der Waals surface area contributed by atoms with E-state index in [0.29, 0.717) is 21.5 Å². The van der Waals surface area contributed by atoms with Crippen LogP contribution in [0.25, 0.3) is 0 Å². The second-order valence-corrected chi connectivity index (χ2v) is 5.31. The van der Waals surface area contributed by atoms with Gasteiger partial charge in [-0.3, -0.25) is 0 Å². The third-order valence-electron chi connectivity index (χ3n) is 2.21. The first-order valence-corrected chi connectivity index (χ1v) is 6.42. The standard InChI is InChI=1S/C12H9Br2FN2/c13-7-1-3-11(9(15)5-7)17-12-4-2-8(14)6-10(12)16/h1-6,17H,16H2. The second kappa shape index (κ2) is 5.06. The Morgan fingerprint density at radius 1 is 0.941 bits per heavy atom. The van der Waals surface area contributed by atoms with Crippen LogP contribution in [0.2, 0.25) is 0 Å². The predicted octanol–water partition coefficient (Wildman–Crippen LogP) is 4.68. The molecule has 0 aromatic heterocycles. The molecule has 5 heteroatoms. The summed E-state index contributed by atoms with van der Waals surface area (Å²) in [5.41, 5.74) is 7.45. The van der Waals surface area contributed by atoms with Gasteiger partial charge in [-0.2, -0.15) is 0 Å². The third kappa shape index (κ3) is 2.98. The lowest BCUT2D eigenvalue weighted by atomic mass is 10.2. The van der Waals surface area contributed by atoms with Crippen molar-refractivity contribution in [3.63, 3.8) is 0 Å². The fourth-order valence-electron chi connectivity index (χ4n) is 1.38. The molecule has 0 fully saturated rings. The zero-order valence-corrected chi connectivity index (χ0v) is 11.8.